The molecule has 0 unspecified atom stereocenters. The van der Waals surface area contributed by atoms with Crippen LogP contribution in [-0.2, 0) is 21.2 Å². The van der Waals surface area contributed by atoms with E-state index in [9.17, 15) is 23.1 Å². The van der Waals surface area contributed by atoms with Crippen molar-refractivity contribution in [3.05, 3.63) is 23.5 Å². The second-order valence-corrected chi connectivity index (χ2v) is 10.8. The fraction of sp³-hybridized carbons (Fsp3) is 0.524. The Kier molecular flexibility index (Phi) is 6.67. The highest BCUT2D eigenvalue weighted by molar-refractivity contribution is 7.92. The molecule has 2 amide bonds. The van der Waals surface area contributed by atoms with Crippen LogP contribution in [0.2, 0.25) is 0 Å². The lowest BCUT2D eigenvalue weighted by Crippen LogP contribution is -2.50. The Balaban J connectivity index is 1.64. The molecule has 0 saturated carbocycles. The topological polar surface area (TPSA) is 132 Å². The summed E-state index contributed by atoms with van der Waals surface area (Å²) in [6, 6.07) is 1.40. The SMILES string of the molecule is CN1C[C@H](O)[C@@H](C#CC#Cc2cc3n(c2)C(=O)N(CC[C@](C)(C(=O)NO)S(C)(=O)=O)C3)C1. The van der Waals surface area contributed by atoms with Crippen LogP contribution in [0.5, 0.6) is 0 Å². The number of nitrogens with one attached hydrogen (secondary N) is 1. The number of likely N-dealkylation sites (tertiary alicyclic amines) is 1. The number of carbonyl (C=O) groups is 2. The monoisotopic (exact) mass is 462 g/mol. The number of carbonyl (C=O) groups excluding carboxylic acids is 2. The summed E-state index contributed by atoms with van der Waals surface area (Å²) in [5.41, 5.74) is 2.70. The number of rotatable bonds is 5. The first-order valence-corrected chi connectivity index (χ1v) is 11.9. The van der Waals surface area contributed by atoms with Crippen molar-refractivity contribution in [1.29, 1.82) is 0 Å². The summed E-state index contributed by atoms with van der Waals surface area (Å²) >= 11 is 0. The minimum atomic E-state index is -3.84. The highest BCUT2D eigenvalue weighted by Gasteiger charge is 2.44. The molecule has 1 aromatic heterocycles. The predicted octanol–water partition coefficient (Wildman–Crippen LogP) is -0.752. The number of sulfone groups is 1. The molecule has 0 aromatic carbocycles. The number of aliphatic hydroxyl groups is 1. The molecule has 2 aliphatic heterocycles. The second kappa shape index (κ2) is 8.96. The molecule has 1 saturated heterocycles. The van der Waals surface area contributed by atoms with Crippen molar-refractivity contribution in [2.75, 3.05) is 32.9 Å². The Bertz CT molecular complexity index is 1150. The number of amides is 2. The van der Waals surface area contributed by atoms with E-state index in [2.05, 4.69) is 23.7 Å². The highest BCUT2D eigenvalue weighted by Crippen LogP contribution is 2.25. The number of fused-ring (bicyclic) bond motifs is 1. The molecule has 10 nitrogen and oxygen atoms in total. The van der Waals surface area contributed by atoms with Crippen molar-refractivity contribution in [2.24, 2.45) is 5.92 Å². The molecule has 1 aromatic rings. The second-order valence-electron chi connectivity index (χ2n) is 8.40. The average Bonchev–Trinajstić information content (AvgIpc) is 3.35. The van der Waals surface area contributed by atoms with Gasteiger partial charge >= 0.3 is 6.03 Å². The molecule has 0 bridgehead atoms. The van der Waals surface area contributed by atoms with Crippen LogP contribution in [0.4, 0.5) is 4.79 Å². The Labute approximate surface area is 187 Å². The maximum atomic E-state index is 12.7. The fourth-order valence-corrected chi connectivity index (χ4v) is 4.60. The molecule has 0 aliphatic carbocycles. The molecule has 32 heavy (non-hydrogen) atoms. The van der Waals surface area contributed by atoms with E-state index in [1.165, 1.54) is 21.9 Å². The zero-order valence-corrected chi connectivity index (χ0v) is 18.9. The Hall–Kier alpha value is -2.83. The molecule has 3 rings (SSSR count). The lowest BCUT2D eigenvalue weighted by atomic mass is 10.1. The number of β-amino-alcohol motifs (C(OH)–C–C–N with tert-alkyl or cyclic N) is 1. The minimum absolute atomic E-state index is 0.0160. The smallest absolute Gasteiger partial charge is 0.328 e. The Morgan fingerprint density at radius 1 is 1.34 bits per heavy atom. The van der Waals surface area contributed by atoms with Gasteiger partial charge in [-0.1, -0.05) is 11.8 Å². The first kappa shape index (κ1) is 23.8. The van der Waals surface area contributed by atoms with Crippen LogP contribution in [0.25, 0.3) is 0 Å². The summed E-state index contributed by atoms with van der Waals surface area (Å²) in [5, 5.41) is 18.8. The number of aliphatic hydroxyl groups excluding tert-OH is 1. The molecule has 11 heteroatoms. The van der Waals surface area contributed by atoms with Crippen LogP contribution in [0.1, 0.15) is 24.6 Å². The van der Waals surface area contributed by atoms with E-state index in [0.717, 1.165) is 6.26 Å². The van der Waals surface area contributed by atoms with Crippen LogP contribution in [-0.4, -0.2) is 88.8 Å². The third kappa shape index (κ3) is 4.66. The molecule has 172 valence electrons. The van der Waals surface area contributed by atoms with Crippen molar-refractivity contribution >= 4 is 21.8 Å². The van der Waals surface area contributed by atoms with Crippen LogP contribution in [0.3, 0.4) is 0 Å². The number of hydroxylamine groups is 1. The van der Waals surface area contributed by atoms with Gasteiger partial charge in [0.15, 0.2) is 14.6 Å². The van der Waals surface area contributed by atoms with E-state index in [-0.39, 0.29) is 31.5 Å². The zero-order chi connectivity index (χ0) is 23.7. The summed E-state index contributed by atoms with van der Waals surface area (Å²) in [6.07, 6.45) is 1.85. The van der Waals surface area contributed by atoms with Gasteiger partial charge in [0.2, 0.25) is 0 Å². The Morgan fingerprint density at radius 3 is 2.62 bits per heavy atom. The van der Waals surface area contributed by atoms with Gasteiger partial charge in [0, 0.05) is 43.3 Å². The maximum Gasteiger partial charge on any atom is 0.328 e. The third-order valence-corrected chi connectivity index (χ3v) is 8.01. The summed E-state index contributed by atoms with van der Waals surface area (Å²) in [4.78, 5) is 28.0. The van der Waals surface area contributed by atoms with Gasteiger partial charge < -0.3 is 14.9 Å². The van der Waals surface area contributed by atoms with Crippen molar-refractivity contribution in [3.8, 4) is 23.7 Å². The molecule has 3 heterocycles. The number of nitrogens with zero attached hydrogens (tertiary/aromatic N) is 3. The van der Waals surface area contributed by atoms with Gasteiger partial charge in [-0.05, 0) is 38.3 Å². The lowest BCUT2D eigenvalue weighted by Gasteiger charge is -2.27. The summed E-state index contributed by atoms with van der Waals surface area (Å²) < 4.78 is 23.7. The number of hydrogen-bond donors (Lipinski definition) is 3. The van der Waals surface area contributed by atoms with Crippen LogP contribution < -0.4 is 5.48 Å². The van der Waals surface area contributed by atoms with Gasteiger partial charge in [0.25, 0.3) is 5.91 Å². The van der Waals surface area contributed by atoms with Crippen molar-refractivity contribution in [2.45, 2.75) is 30.7 Å². The third-order valence-electron chi connectivity index (χ3n) is 5.99. The van der Waals surface area contributed by atoms with E-state index < -0.39 is 26.6 Å². The normalized spacial score (nSPS) is 22.4. The molecule has 0 radical (unpaired) electrons. The number of hydrogen-bond acceptors (Lipinski definition) is 7. The molecule has 3 N–H and O–H groups in total. The molecular weight excluding hydrogens is 436 g/mol. The first-order chi connectivity index (χ1) is 15.0. The predicted molar refractivity (Wildman–Crippen MR) is 115 cm³/mol. The maximum absolute atomic E-state index is 12.7. The van der Waals surface area contributed by atoms with E-state index in [4.69, 9.17) is 5.21 Å². The van der Waals surface area contributed by atoms with Crippen molar-refractivity contribution in [3.63, 3.8) is 0 Å². The zero-order valence-electron chi connectivity index (χ0n) is 18.1. The van der Waals surface area contributed by atoms with Gasteiger partial charge in [-0.3, -0.25) is 14.6 Å². The van der Waals surface area contributed by atoms with Crippen molar-refractivity contribution in [1.82, 2.24) is 19.8 Å². The van der Waals surface area contributed by atoms with Gasteiger partial charge in [-0.15, -0.1) is 0 Å². The first-order valence-electron chi connectivity index (χ1n) is 9.99. The van der Waals surface area contributed by atoms with E-state index in [1.807, 2.05) is 11.9 Å². The standard InChI is InChI=1S/C21H26N4O6S/c1-21(19(27)22-29,32(3,30)31)8-9-24-13-17-10-15(11-25(17)20(24)28)6-4-5-7-16-12-23(2)14-18(16)26/h10-11,16,18,26,29H,8-9,12-14H2,1-3H3,(H,22,27)/t16-,18-,21+/m0/s1. The van der Waals surface area contributed by atoms with Crippen molar-refractivity contribution < 1.29 is 28.3 Å². The van der Waals surface area contributed by atoms with Crippen LogP contribution in [0, 0.1) is 29.6 Å². The molecule has 3 atom stereocenters. The summed E-state index contributed by atoms with van der Waals surface area (Å²) in [5.74, 6) is 10.2. The molecule has 0 spiro atoms. The van der Waals surface area contributed by atoms with E-state index in [0.29, 0.717) is 24.3 Å². The molecule has 1 fully saturated rings. The fourth-order valence-electron chi connectivity index (χ4n) is 3.75. The van der Waals surface area contributed by atoms with Crippen LogP contribution >= 0.6 is 0 Å². The lowest BCUT2D eigenvalue weighted by molar-refractivity contribution is -0.131. The van der Waals surface area contributed by atoms with Gasteiger partial charge in [-0.25, -0.2) is 18.7 Å². The molecule has 2 aliphatic rings. The molecular formula is C21H26N4O6S. The Morgan fingerprint density at radius 2 is 2.06 bits per heavy atom. The minimum Gasteiger partial charge on any atom is -0.390 e. The quantitative estimate of drug-likeness (QED) is 0.298. The largest absolute Gasteiger partial charge is 0.390 e. The average molecular weight is 463 g/mol. The highest BCUT2D eigenvalue weighted by atomic mass is 32.2. The summed E-state index contributed by atoms with van der Waals surface area (Å²) in [6.45, 7) is 2.76. The number of aromatic nitrogens is 1. The van der Waals surface area contributed by atoms with Gasteiger partial charge in [-0.2, -0.15) is 0 Å². The van der Waals surface area contributed by atoms with Gasteiger partial charge in [0.1, 0.15) is 0 Å². The van der Waals surface area contributed by atoms with Gasteiger partial charge in [0.05, 0.1) is 18.6 Å². The van der Waals surface area contributed by atoms with Crippen LogP contribution in [0.15, 0.2) is 12.3 Å². The summed E-state index contributed by atoms with van der Waals surface area (Å²) in [7, 11) is -1.92. The van der Waals surface area contributed by atoms with E-state index in [1.54, 1.807) is 12.3 Å². The van der Waals surface area contributed by atoms with E-state index >= 15 is 0 Å². The number of likely N-dealkylation sites (N-methyl/N-ethyl adjacent to an activating group) is 1.